The lowest BCUT2D eigenvalue weighted by Crippen LogP contribution is -2.16. The maximum atomic E-state index is 13.8. The quantitative estimate of drug-likeness (QED) is 0.528. The summed E-state index contributed by atoms with van der Waals surface area (Å²) in [5.41, 5.74) is 0.991. The highest BCUT2D eigenvalue weighted by Crippen LogP contribution is 2.31. The highest BCUT2D eigenvalue weighted by Gasteiger charge is 2.18. The van der Waals surface area contributed by atoms with Crippen molar-refractivity contribution in [3.05, 3.63) is 78.4 Å². The van der Waals surface area contributed by atoms with Crippen LogP contribution in [0.15, 0.2) is 65.7 Å². The molecule has 3 heterocycles. The van der Waals surface area contributed by atoms with E-state index in [0.717, 1.165) is 12.1 Å². The van der Waals surface area contributed by atoms with Gasteiger partial charge in [-0.1, -0.05) is 6.07 Å². The fourth-order valence-electron chi connectivity index (χ4n) is 2.80. The number of ether oxygens (including phenoxy) is 1. The van der Waals surface area contributed by atoms with Crippen LogP contribution in [0.2, 0.25) is 0 Å². The number of carbonyl (C=O) groups excluding carboxylic acids is 1. The summed E-state index contributed by atoms with van der Waals surface area (Å²) in [7, 11) is 1.48. The van der Waals surface area contributed by atoms with Crippen LogP contribution in [-0.2, 0) is 0 Å². The van der Waals surface area contributed by atoms with Crippen molar-refractivity contribution in [3.63, 3.8) is 0 Å². The molecule has 150 valence electrons. The summed E-state index contributed by atoms with van der Waals surface area (Å²) >= 11 is 0. The van der Waals surface area contributed by atoms with Gasteiger partial charge in [0, 0.05) is 11.8 Å². The van der Waals surface area contributed by atoms with E-state index in [-0.39, 0.29) is 5.82 Å². The van der Waals surface area contributed by atoms with Crippen LogP contribution in [0.25, 0.3) is 22.6 Å². The predicted octanol–water partition coefficient (Wildman–Crippen LogP) is 4.34. The minimum atomic E-state index is -0.970. The van der Waals surface area contributed by atoms with Crippen LogP contribution in [0.4, 0.5) is 14.6 Å². The standard InChI is InChI=1S/C21H14F2N4O3/c1-29-21-13(8-12(9-26-21)17-6-3-7-30-17)16-10-25-18(11-24-16)27-20(28)19-14(22)4-2-5-15(19)23/h2-11H,1H3,(H,25,27,28). The van der Waals surface area contributed by atoms with Crippen molar-refractivity contribution >= 4 is 11.7 Å². The number of nitrogens with zero attached hydrogens (tertiary/aromatic N) is 3. The summed E-state index contributed by atoms with van der Waals surface area (Å²) < 4.78 is 38.2. The molecular formula is C21H14F2N4O3. The fourth-order valence-corrected chi connectivity index (χ4v) is 2.80. The van der Waals surface area contributed by atoms with Crippen LogP contribution in [0, 0.1) is 11.6 Å². The number of hydrogen-bond donors (Lipinski definition) is 1. The number of hydrogen-bond acceptors (Lipinski definition) is 6. The van der Waals surface area contributed by atoms with Gasteiger partial charge in [-0.05, 0) is 30.3 Å². The number of amides is 1. The van der Waals surface area contributed by atoms with Crippen molar-refractivity contribution in [1.29, 1.82) is 0 Å². The van der Waals surface area contributed by atoms with E-state index in [1.807, 2.05) is 0 Å². The third-order valence-corrected chi connectivity index (χ3v) is 4.21. The largest absolute Gasteiger partial charge is 0.481 e. The second kappa shape index (κ2) is 8.08. The molecule has 9 heteroatoms. The Kier molecular flexibility index (Phi) is 5.17. The molecule has 4 rings (SSSR count). The molecule has 7 nitrogen and oxygen atoms in total. The molecule has 0 aliphatic carbocycles. The lowest BCUT2D eigenvalue weighted by molar-refractivity contribution is 0.101. The summed E-state index contributed by atoms with van der Waals surface area (Å²) in [5.74, 6) is -1.93. The predicted molar refractivity (Wildman–Crippen MR) is 104 cm³/mol. The van der Waals surface area contributed by atoms with E-state index in [9.17, 15) is 13.6 Å². The second-order valence-electron chi connectivity index (χ2n) is 6.10. The van der Waals surface area contributed by atoms with E-state index in [4.69, 9.17) is 9.15 Å². The van der Waals surface area contributed by atoms with Gasteiger partial charge in [0.1, 0.15) is 23.0 Å². The summed E-state index contributed by atoms with van der Waals surface area (Å²) in [6.07, 6.45) is 5.81. The molecule has 0 fully saturated rings. The summed E-state index contributed by atoms with van der Waals surface area (Å²) in [6.45, 7) is 0. The molecule has 1 amide bonds. The van der Waals surface area contributed by atoms with Crippen molar-refractivity contribution < 1.29 is 22.7 Å². The Bertz CT molecular complexity index is 1180. The zero-order valence-corrected chi connectivity index (χ0v) is 15.6. The first kappa shape index (κ1) is 19.2. The molecule has 0 spiro atoms. The highest BCUT2D eigenvalue weighted by molar-refractivity contribution is 6.04. The number of benzene rings is 1. The number of methoxy groups -OCH3 is 1. The number of anilines is 1. The first-order valence-electron chi connectivity index (χ1n) is 8.72. The minimum Gasteiger partial charge on any atom is -0.481 e. The Hall–Kier alpha value is -4.14. The van der Waals surface area contributed by atoms with Gasteiger partial charge in [0.2, 0.25) is 5.88 Å². The van der Waals surface area contributed by atoms with Crippen LogP contribution < -0.4 is 10.1 Å². The van der Waals surface area contributed by atoms with Gasteiger partial charge in [-0.15, -0.1) is 0 Å². The molecule has 4 aromatic rings. The molecule has 0 aliphatic heterocycles. The third kappa shape index (κ3) is 3.72. The average molecular weight is 408 g/mol. The number of aromatic nitrogens is 3. The van der Waals surface area contributed by atoms with Crippen LogP contribution in [0.5, 0.6) is 5.88 Å². The van der Waals surface area contributed by atoms with E-state index in [1.165, 1.54) is 25.6 Å². The summed E-state index contributed by atoms with van der Waals surface area (Å²) in [6, 6.07) is 8.50. The molecule has 0 saturated heterocycles. The van der Waals surface area contributed by atoms with Gasteiger partial charge in [-0.3, -0.25) is 9.78 Å². The van der Waals surface area contributed by atoms with Crippen molar-refractivity contribution in [2.24, 2.45) is 0 Å². The first-order valence-corrected chi connectivity index (χ1v) is 8.72. The smallest absolute Gasteiger partial charge is 0.262 e. The van der Waals surface area contributed by atoms with Crippen LogP contribution in [0.3, 0.4) is 0 Å². The average Bonchev–Trinajstić information content (AvgIpc) is 3.29. The third-order valence-electron chi connectivity index (χ3n) is 4.21. The van der Waals surface area contributed by atoms with E-state index < -0.39 is 23.1 Å². The number of halogens is 2. The Balaban J connectivity index is 1.61. The number of pyridine rings is 1. The SMILES string of the molecule is COc1ncc(-c2ccco2)cc1-c1cnc(NC(=O)c2c(F)cccc2F)cn1. The van der Waals surface area contributed by atoms with Gasteiger partial charge in [0.25, 0.3) is 5.91 Å². The molecule has 0 saturated carbocycles. The molecule has 0 unspecified atom stereocenters. The molecule has 30 heavy (non-hydrogen) atoms. The Labute approximate surface area is 169 Å². The first-order chi connectivity index (χ1) is 14.6. The molecule has 0 bridgehead atoms. The molecule has 1 N–H and O–H groups in total. The van der Waals surface area contributed by atoms with E-state index in [0.29, 0.717) is 28.5 Å². The van der Waals surface area contributed by atoms with E-state index >= 15 is 0 Å². The Morgan fingerprint density at radius 1 is 1.03 bits per heavy atom. The van der Waals surface area contributed by atoms with Gasteiger partial charge in [0.05, 0.1) is 37.0 Å². The van der Waals surface area contributed by atoms with Gasteiger partial charge >= 0.3 is 0 Å². The number of carbonyl (C=O) groups is 1. The molecule has 0 atom stereocenters. The Morgan fingerprint density at radius 3 is 2.47 bits per heavy atom. The van der Waals surface area contributed by atoms with Gasteiger partial charge in [0.15, 0.2) is 5.82 Å². The van der Waals surface area contributed by atoms with Crippen molar-refractivity contribution in [3.8, 4) is 28.5 Å². The van der Waals surface area contributed by atoms with Crippen LogP contribution in [0.1, 0.15) is 10.4 Å². The van der Waals surface area contributed by atoms with E-state index in [1.54, 1.807) is 30.7 Å². The number of rotatable bonds is 5. The normalized spacial score (nSPS) is 10.6. The van der Waals surface area contributed by atoms with Crippen LogP contribution in [-0.4, -0.2) is 28.0 Å². The summed E-state index contributed by atoms with van der Waals surface area (Å²) in [4.78, 5) is 24.8. The molecule has 3 aromatic heterocycles. The number of furan rings is 1. The zero-order valence-electron chi connectivity index (χ0n) is 15.6. The van der Waals surface area contributed by atoms with Crippen molar-refractivity contribution in [2.45, 2.75) is 0 Å². The topological polar surface area (TPSA) is 90.1 Å². The second-order valence-corrected chi connectivity index (χ2v) is 6.10. The maximum absolute atomic E-state index is 13.8. The van der Waals surface area contributed by atoms with Crippen molar-refractivity contribution in [2.75, 3.05) is 12.4 Å². The molecule has 0 radical (unpaired) electrons. The van der Waals surface area contributed by atoms with Gasteiger partial charge < -0.3 is 14.5 Å². The molecular weight excluding hydrogens is 394 g/mol. The fraction of sp³-hybridized carbons (Fsp3) is 0.0476. The lowest BCUT2D eigenvalue weighted by Gasteiger charge is -2.09. The van der Waals surface area contributed by atoms with Crippen LogP contribution >= 0.6 is 0 Å². The van der Waals surface area contributed by atoms with E-state index in [2.05, 4.69) is 20.3 Å². The molecule has 1 aromatic carbocycles. The minimum absolute atomic E-state index is 0.0283. The summed E-state index contributed by atoms with van der Waals surface area (Å²) in [5, 5.41) is 2.33. The van der Waals surface area contributed by atoms with Gasteiger partial charge in [-0.25, -0.2) is 18.7 Å². The monoisotopic (exact) mass is 408 g/mol. The lowest BCUT2D eigenvalue weighted by atomic mass is 10.1. The van der Waals surface area contributed by atoms with Gasteiger partial charge in [-0.2, -0.15) is 0 Å². The zero-order chi connectivity index (χ0) is 21.1. The van der Waals surface area contributed by atoms with Crippen molar-refractivity contribution in [1.82, 2.24) is 15.0 Å². The molecule has 0 aliphatic rings. The maximum Gasteiger partial charge on any atom is 0.262 e. The highest BCUT2D eigenvalue weighted by atomic mass is 19.1. The Morgan fingerprint density at radius 2 is 1.83 bits per heavy atom. The number of nitrogens with one attached hydrogen (secondary N) is 1.